The number of fused-ring (bicyclic) bond motifs is 1. The third-order valence-electron chi connectivity index (χ3n) is 4.74. The van der Waals surface area contributed by atoms with E-state index in [9.17, 15) is 4.79 Å². The number of hydrogen-bond donors (Lipinski definition) is 1. The van der Waals surface area contributed by atoms with Crippen LogP contribution < -0.4 is 14.8 Å². The molecule has 2 heterocycles. The molecule has 0 radical (unpaired) electrons. The highest BCUT2D eigenvalue weighted by Crippen LogP contribution is 2.34. The number of anilines is 1. The summed E-state index contributed by atoms with van der Waals surface area (Å²) in [5, 5.41) is 3.80. The van der Waals surface area contributed by atoms with Crippen molar-refractivity contribution >= 4 is 34.2 Å². The number of carbonyl (C=O) groups excluding carboxylic acids is 1. The van der Waals surface area contributed by atoms with Crippen LogP contribution in [0.25, 0.3) is 0 Å². The molecule has 2 aliphatic heterocycles. The summed E-state index contributed by atoms with van der Waals surface area (Å²) < 4.78 is 10.7. The fourth-order valence-corrected chi connectivity index (χ4v) is 3.97. The minimum absolute atomic E-state index is 0.0799. The number of carbonyl (C=O) groups is 1. The first-order chi connectivity index (χ1) is 14.2. The molecule has 1 amide bonds. The van der Waals surface area contributed by atoms with Crippen molar-refractivity contribution in [3.63, 3.8) is 0 Å². The van der Waals surface area contributed by atoms with Crippen molar-refractivity contribution < 1.29 is 14.3 Å². The number of rotatable bonds is 4. The Morgan fingerprint density at radius 1 is 1.07 bits per heavy atom. The van der Waals surface area contributed by atoms with E-state index in [0.717, 1.165) is 37.0 Å². The predicted molar refractivity (Wildman–Crippen MR) is 116 cm³/mol. The fourth-order valence-electron chi connectivity index (χ4n) is 3.11. The number of likely N-dealkylation sites (N-methyl/N-ethyl adjacent to an activating group) is 1. The van der Waals surface area contributed by atoms with Gasteiger partial charge in [0, 0.05) is 37.9 Å². The molecule has 152 valence electrons. The zero-order chi connectivity index (χ0) is 20.1. The third-order valence-corrected chi connectivity index (χ3v) is 5.76. The van der Waals surface area contributed by atoms with Crippen LogP contribution in [0, 0.1) is 0 Å². The van der Waals surface area contributed by atoms with Crippen LogP contribution in [-0.4, -0.2) is 66.6 Å². The van der Waals surface area contributed by atoms with Crippen LogP contribution >= 0.6 is 11.8 Å². The maximum atomic E-state index is 12.5. The number of nitrogens with one attached hydrogen (secondary N) is 1. The van der Waals surface area contributed by atoms with Gasteiger partial charge in [-0.3, -0.25) is 4.79 Å². The molecule has 1 N–H and O–H groups in total. The molecule has 2 aromatic carbocycles. The van der Waals surface area contributed by atoms with E-state index < -0.39 is 0 Å². The van der Waals surface area contributed by atoms with Gasteiger partial charge < -0.3 is 24.6 Å². The Morgan fingerprint density at radius 3 is 2.62 bits per heavy atom. The fraction of sp³-hybridized carbons (Fsp3) is 0.333. The monoisotopic (exact) mass is 412 g/mol. The summed E-state index contributed by atoms with van der Waals surface area (Å²) in [5.41, 5.74) is 1.59. The van der Waals surface area contributed by atoms with Gasteiger partial charge in [-0.25, -0.2) is 4.99 Å². The average molecular weight is 413 g/mol. The number of hydrogen-bond acceptors (Lipinski definition) is 6. The number of para-hydroxylation sites is 1. The molecule has 1 saturated heterocycles. The predicted octanol–water partition coefficient (Wildman–Crippen LogP) is 3.02. The summed E-state index contributed by atoms with van der Waals surface area (Å²) in [6, 6.07) is 15.3. The molecule has 7 nitrogen and oxygen atoms in total. The Kier molecular flexibility index (Phi) is 6.21. The second kappa shape index (κ2) is 9.19. The Bertz CT molecular complexity index is 883. The van der Waals surface area contributed by atoms with E-state index in [0.29, 0.717) is 17.2 Å². The Labute approximate surface area is 174 Å². The molecule has 2 aliphatic rings. The van der Waals surface area contributed by atoms with E-state index in [2.05, 4.69) is 22.2 Å². The molecule has 2 aromatic rings. The molecular formula is C21H24N4O3S. The van der Waals surface area contributed by atoms with E-state index in [1.54, 1.807) is 12.1 Å². The first-order valence-electron chi connectivity index (χ1n) is 9.57. The minimum atomic E-state index is -0.0799. The summed E-state index contributed by atoms with van der Waals surface area (Å²) in [6.45, 7) is 3.99. The zero-order valence-electron chi connectivity index (χ0n) is 16.3. The second-order valence-corrected chi connectivity index (χ2v) is 7.87. The molecule has 4 rings (SSSR count). The van der Waals surface area contributed by atoms with E-state index in [1.807, 2.05) is 36.4 Å². The average Bonchev–Trinajstić information content (AvgIpc) is 3.20. The number of nitrogens with zero attached hydrogens (tertiary/aromatic N) is 3. The van der Waals surface area contributed by atoms with E-state index in [1.165, 1.54) is 11.8 Å². The summed E-state index contributed by atoms with van der Waals surface area (Å²) in [5.74, 6) is 1.56. The van der Waals surface area contributed by atoms with Crippen molar-refractivity contribution in [3.05, 3.63) is 48.5 Å². The molecule has 1 fully saturated rings. The van der Waals surface area contributed by atoms with Crippen LogP contribution in [0.1, 0.15) is 0 Å². The maximum Gasteiger partial charge on any atom is 0.234 e. The van der Waals surface area contributed by atoms with E-state index in [4.69, 9.17) is 14.5 Å². The Balaban J connectivity index is 1.40. The van der Waals surface area contributed by atoms with Crippen LogP contribution in [0.2, 0.25) is 0 Å². The van der Waals surface area contributed by atoms with Crippen molar-refractivity contribution in [2.75, 3.05) is 51.1 Å². The lowest BCUT2D eigenvalue weighted by molar-refractivity contribution is -0.113. The van der Waals surface area contributed by atoms with Gasteiger partial charge >= 0.3 is 0 Å². The molecule has 0 saturated carbocycles. The molecule has 0 aromatic heterocycles. The number of amides is 1. The summed E-state index contributed by atoms with van der Waals surface area (Å²) in [6.07, 6.45) is 0. The highest BCUT2D eigenvalue weighted by atomic mass is 32.2. The molecule has 8 heteroatoms. The van der Waals surface area contributed by atoms with Gasteiger partial charge in [0.25, 0.3) is 0 Å². The zero-order valence-corrected chi connectivity index (χ0v) is 17.2. The van der Waals surface area contributed by atoms with Crippen LogP contribution in [-0.2, 0) is 4.79 Å². The second-order valence-electron chi connectivity index (χ2n) is 6.93. The van der Waals surface area contributed by atoms with Gasteiger partial charge in [0.2, 0.25) is 12.7 Å². The smallest absolute Gasteiger partial charge is 0.234 e. The molecule has 0 unspecified atom stereocenters. The van der Waals surface area contributed by atoms with Crippen molar-refractivity contribution in [2.24, 2.45) is 4.99 Å². The lowest BCUT2D eigenvalue weighted by Gasteiger charge is -2.34. The van der Waals surface area contributed by atoms with Crippen molar-refractivity contribution in [1.29, 1.82) is 0 Å². The highest BCUT2D eigenvalue weighted by Gasteiger charge is 2.20. The van der Waals surface area contributed by atoms with Crippen LogP contribution in [0.15, 0.2) is 53.5 Å². The summed E-state index contributed by atoms with van der Waals surface area (Å²) in [4.78, 5) is 21.9. The van der Waals surface area contributed by atoms with Crippen LogP contribution in [0.3, 0.4) is 0 Å². The number of ether oxygens (including phenoxy) is 2. The molecular weight excluding hydrogens is 388 g/mol. The Morgan fingerprint density at radius 2 is 1.83 bits per heavy atom. The molecule has 0 spiro atoms. The first-order valence-corrected chi connectivity index (χ1v) is 10.6. The summed E-state index contributed by atoms with van der Waals surface area (Å²) >= 11 is 1.47. The van der Waals surface area contributed by atoms with Gasteiger partial charge in [-0.15, -0.1) is 0 Å². The standard InChI is InChI=1S/C21H24N4O3S/c1-24-9-11-25(12-10-24)21(23-16-5-3-2-4-6-16)29-14-20(26)22-17-7-8-18-19(13-17)28-15-27-18/h2-8,13H,9-12,14-15H2,1H3,(H,22,26). The lowest BCUT2D eigenvalue weighted by Crippen LogP contribution is -2.46. The van der Waals surface area contributed by atoms with Gasteiger partial charge in [-0.1, -0.05) is 30.0 Å². The molecule has 0 aliphatic carbocycles. The third kappa shape index (κ3) is 5.21. The van der Waals surface area contributed by atoms with Crippen LogP contribution in [0.5, 0.6) is 11.5 Å². The Hall–Kier alpha value is -2.71. The lowest BCUT2D eigenvalue weighted by atomic mass is 10.3. The quantitative estimate of drug-likeness (QED) is 0.615. The van der Waals surface area contributed by atoms with Gasteiger partial charge in [0.05, 0.1) is 11.4 Å². The van der Waals surface area contributed by atoms with Crippen molar-refractivity contribution in [3.8, 4) is 11.5 Å². The van der Waals surface area contributed by atoms with E-state index in [-0.39, 0.29) is 18.5 Å². The molecule has 0 bridgehead atoms. The largest absolute Gasteiger partial charge is 0.454 e. The highest BCUT2D eigenvalue weighted by molar-refractivity contribution is 8.14. The number of amidine groups is 1. The van der Waals surface area contributed by atoms with Gasteiger partial charge in [0.15, 0.2) is 16.7 Å². The van der Waals surface area contributed by atoms with Crippen LogP contribution in [0.4, 0.5) is 11.4 Å². The van der Waals surface area contributed by atoms with Gasteiger partial charge in [-0.05, 0) is 31.3 Å². The SMILES string of the molecule is CN1CCN(C(=Nc2ccccc2)SCC(=O)Nc2ccc3c(c2)OCO3)CC1. The number of thioether (sulfide) groups is 1. The van der Waals surface area contributed by atoms with E-state index >= 15 is 0 Å². The number of aliphatic imine (C=N–C) groups is 1. The number of piperazine rings is 1. The molecule has 0 atom stereocenters. The molecule has 29 heavy (non-hydrogen) atoms. The summed E-state index contributed by atoms with van der Waals surface area (Å²) in [7, 11) is 2.12. The normalized spacial score (nSPS) is 16.7. The van der Waals surface area contributed by atoms with Crippen molar-refractivity contribution in [1.82, 2.24) is 9.80 Å². The van der Waals surface area contributed by atoms with Gasteiger partial charge in [-0.2, -0.15) is 0 Å². The van der Waals surface area contributed by atoms with Gasteiger partial charge in [0.1, 0.15) is 0 Å². The first kappa shape index (κ1) is 19.6. The maximum absolute atomic E-state index is 12.5. The number of benzene rings is 2. The topological polar surface area (TPSA) is 66.4 Å². The minimum Gasteiger partial charge on any atom is -0.454 e. The van der Waals surface area contributed by atoms with Crippen molar-refractivity contribution in [2.45, 2.75) is 0 Å².